The number of hydrogen-bond donors (Lipinski definition) is 2. The van der Waals surface area contributed by atoms with Crippen LogP contribution in [0.2, 0.25) is 0 Å². The average molecular weight is 492 g/mol. The maximum atomic E-state index is 13.4. The van der Waals surface area contributed by atoms with Gasteiger partial charge in [0.1, 0.15) is 17.8 Å². The molecule has 2 N–H and O–H groups in total. The number of aliphatic hydroxyl groups excluding tert-OH is 1. The molecule has 1 amide bonds. The number of nitrogens with one attached hydrogen (secondary N) is 1. The Kier molecular flexibility index (Phi) is 8.17. The molecule has 2 saturated heterocycles. The summed E-state index contributed by atoms with van der Waals surface area (Å²) in [6, 6.07) is 11.4. The van der Waals surface area contributed by atoms with Crippen LogP contribution in [0.1, 0.15) is 78.9 Å². The van der Waals surface area contributed by atoms with E-state index in [4.69, 9.17) is 0 Å². The minimum atomic E-state index is -0.144. The molecule has 2 aliphatic heterocycles. The van der Waals surface area contributed by atoms with E-state index in [1.54, 1.807) is 0 Å². The lowest BCUT2D eigenvalue weighted by Crippen LogP contribution is -2.49. The van der Waals surface area contributed by atoms with Gasteiger partial charge in [0.25, 0.3) is 5.91 Å². The van der Waals surface area contributed by atoms with Crippen LogP contribution in [-0.4, -0.2) is 75.7 Å². The van der Waals surface area contributed by atoms with Crippen LogP contribution < -0.4 is 5.32 Å². The molecule has 2 atom stereocenters. The van der Waals surface area contributed by atoms with Crippen molar-refractivity contribution in [2.45, 2.75) is 76.4 Å². The van der Waals surface area contributed by atoms with Crippen LogP contribution in [0.25, 0.3) is 0 Å². The van der Waals surface area contributed by atoms with Gasteiger partial charge in [-0.2, -0.15) is 0 Å². The molecule has 2 aromatic rings. The highest BCUT2D eigenvalue weighted by molar-refractivity contribution is 5.94. The van der Waals surface area contributed by atoms with Crippen LogP contribution in [0.15, 0.2) is 36.7 Å². The van der Waals surface area contributed by atoms with Crippen molar-refractivity contribution in [1.82, 2.24) is 19.8 Å². The molecule has 3 heterocycles. The Bertz CT molecular complexity index is 1000. The molecule has 0 bridgehead atoms. The minimum absolute atomic E-state index is 0.0206. The quantitative estimate of drug-likeness (QED) is 0.629. The minimum Gasteiger partial charge on any atom is -0.393 e. The second-order valence-electron chi connectivity index (χ2n) is 11.0. The van der Waals surface area contributed by atoms with Crippen molar-refractivity contribution in [3.63, 3.8) is 0 Å². The summed E-state index contributed by atoms with van der Waals surface area (Å²) in [5.41, 5.74) is 2.83. The Balaban J connectivity index is 1.15. The number of piperidine rings is 2. The molecule has 3 aliphatic rings. The van der Waals surface area contributed by atoms with E-state index < -0.39 is 0 Å². The van der Waals surface area contributed by atoms with Gasteiger partial charge in [-0.15, -0.1) is 0 Å². The van der Waals surface area contributed by atoms with Gasteiger partial charge in [-0.1, -0.05) is 36.8 Å². The Morgan fingerprint density at radius 2 is 1.75 bits per heavy atom. The van der Waals surface area contributed by atoms with Crippen molar-refractivity contribution in [3.05, 3.63) is 53.5 Å². The summed E-state index contributed by atoms with van der Waals surface area (Å²) in [5.74, 6) is 2.05. The molecular formula is C29H41N5O2. The van der Waals surface area contributed by atoms with Crippen molar-refractivity contribution < 1.29 is 9.90 Å². The predicted molar refractivity (Wildman–Crippen MR) is 142 cm³/mol. The first-order valence-electron chi connectivity index (χ1n) is 13.9. The number of carbonyl (C=O) groups is 1. The molecule has 7 nitrogen and oxygen atoms in total. The summed E-state index contributed by atoms with van der Waals surface area (Å²) in [7, 11) is 0. The van der Waals surface area contributed by atoms with Gasteiger partial charge in [0.05, 0.1) is 6.10 Å². The Morgan fingerprint density at radius 3 is 2.50 bits per heavy atom. The Morgan fingerprint density at radius 1 is 1.00 bits per heavy atom. The largest absolute Gasteiger partial charge is 0.393 e. The molecule has 1 aromatic carbocycles. The first kappa shape index (κ1) is 25.2. The fourth-order valence-electron chi connectivity index (χ4n) is 6.42. The Hall–Kier alpha value is -2.51. The van der Waals surface area contributed by atoms with Gasteiger partial charge in [-0.25, -0.2) is 9.97 Å². The van der Waals surface area contributed by atoms with E-state index in [2.05, 4.69) is 50.5 Å². The number of aliphatic hydroxyl groups is 1. The van der Waals surface area contributed by atoms with E-state index in [1.807, 2.05) is 11.8 Å². The summed E-state index contributed by atoms with van der Waals surface area (Å²) < 4.78 is 0. The van der Waals surface area contributed by atoms with Gasteiger partial charge in [0.2, 0.25) is 0 Å². The number of carbonyl (C=O) groups excluding carboxylic acids is 1. The maximum absolute atomic E-state index is 13.4. The van der Waals surface area contributed by atoms with Crippen LogP contribution in [-0.2, 0) is 0 Å². The highest BCUT2D eigenvalue weighted by Crippen LogP contribution is 2.36. The van der Waals surface area contributed by atoms with Crippen molar-refractivity contribution >= 4 is 11.7 Å². The molecule has 7 heteroatoms. The predicted octanol–water partition coefficient (Wildman–Crippen LogP) is 4.23. The standard InChI is InChI=1S/C29H41N5O2/c1-21-27(29(36)34-14-10-25(11-15-34)33-16-12-26(35)13-17-33)31-20-32-28(21)30-19-22-6-5-9-24(18-22)23-7-3-2-4-8-23/h2-4,7-8,20,22,24-26,35H,5-6,9-19H2,1H3,(H,30,31,32)/t22-,24-/m1/s1. The third-order valence-electron chi connectivity index (χ3n) is 8.67. The molecule has 0 radical (unpaired) electrons. The number of likely N-dealkylation sites (tertiary alicyclic amines) is 2. The number of hydrogen-bond acceptors (Lipinski definition) is 6. The van der Waals surface area contributed by atoms with Crippen molar-refractivity contribution in [2.75, 3.05) is 38.0 Å². The molecule has 0 spiro atoms. The van der Waals surface area contributed by atoms with Gasteiger partial charge < -0.3 is 20.2 Å². The van der Waals surface area contributed by atoms with E-state index in [9.17, 15) is 9.90 Å². The third kappa shape index (κ3) is 5.89. The molecule has 194 valence electrons. The number of amides is 1. The zero-order chi connectivity index (χ0) is 24.9. The number of aromatic nitrogens is 2. The fraction of sp³-hybridized carbons (Fsp3) is 0.621. The molecule has 36 heavy (non-hydrogen) atoms. The summed E-state index contributed by atoms with van der Waals surface area (Å²) in [6.07, 6.45) is 10.0. The van der Waals surface area contributed by atoms with Gasteiger partial charge in [0.15, 0.2) is 0 Å². The highest BCUT2D eigenvalue weighted by atomic mass is 16.3. The summed E-state index contributed by atoms with van der Waals surface area (Å²) in [5, 5.41) is 13.3. The first-order chi connectivity index (χ1) is 17.6. The molecule has 1 aromatic heterocycles. The zero-order valence-electron chi connectivity index (χ0n) is 21.6. The summed E-state index contributed by atoms with van der Waals surface area (Å²) >= 11 is 0. The topological polar surface area (TPSA) is 81.6 Å². The van der Waals surface area contributed by atoms with E-state index in [1.165, 1.54) is 37.6 Å². The van der Waals surface area contributed by atoms with Crippen molar-refractivity contribution in [3.8, 4) is 0 Å². The van der Waals surface area contributed by atoms with Gasteiger partial charge in [-0.05, 0) is 69.3 Å². The van der Waals surface area contributed by atoms with Crippen LogP contribution in [0.4, 0.5) is 5.82 Å². The number of nitrogens with zero attached hydrogens (tertiary/aromatic N) is 4. The Labute approximate surface area is 215 Å². The second kappa shape index (κ2) is 11.7. The molecule has 3 fully saturated rings. The molecular weight excluding hydrogens is 450 g/mol. The lowest BCUT2D eigenvalue weighted by molar-refractivity contribution is 0.0355. The fourth-order valence-corrected chi connectivity index (χ4v) is 6.42. The average Bonchev–Trinajstić information content (AvgIpc) is 2.93. The second-order valence-corrected chi connectivity index (χ2v) is 11.0. The molecule has 5 rings (SSSR count). The van der Waals surface area contributed by atoms with Crippen LogP contribution >= 0.6 is 0 Å². The van der Waals surface area contributed by atoms with Crippen LogP contribution in [0.3, 0.4) is 0 Å². The number of rotatable bonds is 6. The third-order valence-corrected chi connectivity index (χ3v) is 8.67. The van der Waals surface area contributed by atoms with Crippen molar-refractivity contribution in [1.29, 1.82) is 0 Å². The molecule has 1 aliphatic carbocycles. The maximum Gasteiger partial charge on any atom is 0.272 e. The molecule has 1 saturated carbocycles. The van der Waals surface area contributed by atoms with E-state index >= 15 is 0 Å². The summed E-state index contributed by atoms with van der Waals surface area (Å²) in [4.78, 5) is 26.7. The first-order valence-corrected chi connectivity index (χ1v) is 13.9. The normalized spacial score (nSPS) is 24.6. The van der Waals surface area contributed by atoms with Gasteiger partial charge in [-0.3, -0.25) is 4.79 Å². The number of anilines is 1. The van der Waals surface area contributed by atoms with E-state index in [-0.39, 0.29) is 12.0 Å². The molecule has 0 unspecified atom stereocenters. The summed E-state index contributed by atoms with van der Waals surface area (Å²) in [6.45, 7) is 6.30. The van der Waals surface area contributed by atoms with Crippen LogP contribution in [0.5, 0.6) is 0 Å². The van der Waals surface area contributed by atoms with Crippen molar-refractivity contribution in [2.24, 2.45) is 5.92 Å². The van der Waals surface area contributed by atoms with Gasteiger partial charge in [0, 0.05) is 44.3 Å². The zero-order valence-corrected chi connectivity index (χ0v) is 21.6. The monoisotopic (exact) mass is 491 g/mol. The highest BCUT2D eigenvalue weighted by Gasteiger charge is 2.31. The SMILES string of the molecule is Cc1c(NC[C@@H]2CCC[C@@H](c3ccccc3)C2)ncnc1C(=O)N1CCC(N2CCC(O)CC2)CC1. The lowest BCUT2D eigenvalue weighted by Gasteiger charge is -2.41. The lowest BCUT2D eigenvalue weighted by atomic mass is 9.78. The van der Waals surface area contributed by atoms with Crippen LogP contribution in [0, 0.1) is 12.8 Å². The van der Waals surface area contributed by atoms with Gasteiger partial charge >= 0.3 is 0 Å². The number of benzene rings is 1. The van der Waals surface area contributed by atoms with E-state index in [0.717, 1.165) is 69.8 Å². The van der Waals surface area contributed by atoms with E-state index in [0.29, 0.717) is 23.6 Å². The smallest absolute Gasteiger partial charge is 0.272 e.